The maximum atomic E-state index is 13.3. The Labute approximate surface area is 113 Å². The van der Waals surface area contributed by atoms with Crippen molar-refractivity contribution in [2.24, 2.45) is 0 Å². The molecule has 4 nitrogen and oxygen atoms in total. The SMILES string of the molecule is Nc1c(F)cc(F)cc1OCc1ccc2c(c1)OCO2. The summed E-state index contributed by atoms with van der Waals surface area (Å²) in [6.07, 6.45) is 0. The van der Waals surface area contributed by atoms with Crippen LogP contribution < -0.4 is 19.9 Å². The van der Waals surface area contributed by atoms with Crippen LogP contribution in [0.5, 0.6) is 17.2 Å². The summed E-state index contributed by atoms with van der Waals surface area (Å²) in [6, 6.07) is 7.03. The Morgan fingerprint density at radius 3 is 2.75 bits per heavy atom. The Morgan fingerprint density at radius 1 is 1.10 bits per heavy atom. The topological polar surface area (TPSA) is 53.7 Å². The predicted octanol–water partition coefficient (Wildman–Crippen LogP) is 2.85. The first-order chi connectivity index (χ1) is 9.63. The summed E-state index contributed by atoms with van der Waals surface area (Å²) in [5.41, 5.74) is 6.06. The molecule has 0 atom stereocenters. The summed E-state index contributed by atoms with van der Waals surface area (Å²) < 4.78 is 42.1. The summed E-state index contributed by atoms with van der Waals surface area (Å²) in [4.78, 5) is 0. The third kappa shape index (κ3) is 2.32. The first-order valence-electron chi connectivity index (χ1n) is 5.89. The maximum Gasteiger partial charge on any atom is 0.231 e. The molecule has 0 radical (unpaired) electrons. The minimum absolute atomic E-state index is 0.0276. The number of ether oxygens (including phenoxy) is 3. The lowest BCUT2D eigenvalue weighted by atomic mass is 10.2. The zero-order valence-corrected chi connectivity index (χ0v) is 10.4. The van der Waals surface area contributed by atoms with Gasteiger partial charge in [-0.3, -0.25) is 0 Å². The van der Waals surface area contributed by atoms with Gasteiger partial charge in [-0.05, 0) is 17.7 Å². The van der Waals surface area contributed by atoms with E-state index in [1.54, 1.807) is 18.2 Å². The van der Waals surface area contributed by atoms with Gasteiger partial charge in [0, 0.05) is 12.1 Å². The second-order valence-corrected chi connectivity index (χ2v) is 4.28. The molecule has 6 heteroatoms. The number of anilines is 1. The van der Waals surface area contributed by atoms with E-state index in [9.17, 15) is 8.78 Å². The number of hydrogen-bond donors (Lipinski definition) is 1. The summed E-state index contributed by atoms with van der Waals surface area (Å²) in [6.45, 7) is 0.297. The van der Waals surface area contributed by atoms with E-state index in [1.807, 2.05) is 0 Å². The summed E-state index contributed by atoms with van der Waals surface area (Å²) in [5.74, 6) is -0.335. The van der Waals surface area contributed by atoms with Gasteiger partial charge in [-0.2, -0.15) is 0 Å². The van der Waals surface area contributed by atoms with E-state index >= 15 is 0 Å². The third-order valence-corrected chi connectivity index (χ3v) is 2.89. The molecule has 1 heterocycles. The molecule has 104 valence electrons. The highest BCUT2D eigenvalue weighted by Gasteiger charge is 2.14. The third-order valence-electron chi connectivity index (χ3n) is 2.89. The molecule has 1 aliphatic heterocycles. The summed E-state index contributed by atoms with van der Waals surface area (Å²) >= 11 is 0. The van der Waals surface area contributed by atoms with E-state index in [4.69, 9.17) is 19.9 Å². The van der Waals surface area contributed by atoms with Crippen molar-refractivity contribution in [1.29, 1.82) is 0 Å². The highest BCUT2D eigenvalue weighted by molar-refractivity contribution is 5.53. The Balaban J connectivity index is 1.77. The van der Waals surface area contributed by atoms with E-state index in [0.29, 0.717) is 17.6 Å². The summed E-state index contributed by atoms with van der Waals surface area (Å²) in [5, 5.41) is 0. The average Bonchev–Trinajstić information content (AvgIpc) is 2.88. The molecule has 20 heavy (non-hydrogen) atoms. The monoisotopic (exact) mass is 279 g/mol. The van der Waals surface area contributed by atoms with E-state index < -0.39 is 11.6 Å². The number of nitrogens with two attached hydrogens (primary N) is 1. The highest BCUT2D eigenvalue weighted by atomic mass is 19.1. The fraction of sp³-hybridized carbons (Fsp3) is 0.143. The van der Waals surface area contributed by atoms with Crippen LogP contribution in [0.2, 0.25) is 0 Å². The van der Waals surface area contributed by atoms with Gasteiger partial charge in [0.15, 0.2) is 17.3 Å². The van der Waals surface area contributed by atoms with Crippen molar-refractivity contribution in [3.8, 4) is 17.2 Å². The van der Waals surface area contributed by atoms with Gasteiger partial charge in [-0.1, -0.05) is 6.07 Å². The second-order valence-electron chi connectivity index (χ2n) is 4.28. The lowest BCUT2D eigenvalue weighted by Gasteiger charge is -2.10. The minimum atomic E-state index is -0.842. The first kappa shape index (κ1) is 12.5. The van der Waals surface area contributed by atoms with Crippen molar-refractivity contribution < 1.29 is 23.0 Å². The van der Waals surface area contributed by atoms with Crippen molar-refractivity contribution in [3.63, 3.8) is 0 Å². The quantitative estimate of drug-likeness (QED) is 0.878. The Morgan fingerprint density at radius 2 is 1.90 bits per heavy atom. The molecule has 0 saturated heterocycles. The molecule has 0 bridgehead atoms. The number of halogens is 2. The van der Waals surface area contributed by atoms with Gasteiger partial charge in [0.1, 0.15) is 23.9 Å². The molecule has 2 aromatic carbocycles. The van der Waals surface area contributed by atoms with Gasteiger partial charge < -0.3 is 19.9 Å². The molecule has 0 spiro atoms. The molecule has 0 saturated carbocycles. The van der Waals surface area contributed by atoms with Gasteiger partial charge in [-0.25, -0.2) is 8.78 Å². The molecule has 0 unspecified atom stereocenters. The van der Waals surface area contributed by atoms with Crippen LogP contribution in [-0.2, 0) is 6.61 Å². The lowest BCUT2D eigenvalue weighted by molar-refractivity contribution is 0.174. The van der Waals surface area contributed by atoms with Crippen molar-refractivity contribution in [1.82, 2.24) is 0 Å². The van der Waals surface area contributed by atoms with E-state index in [0.717, 1.165) is 11.6 Å². The number of rotatable bonds is 3. The van der Waals surface area contributed by atoms with Crippen LogP contribution in [0, 0.1) is 11.6 Å². The first-order valence-corrected chi connectivity index (χ1v) is 5.89. The lowest BCUT2D eigenvalue weighted by Crippen LogP contribution is -2.01. The van der Waals surface area contributed by atoms with E-state index in [2.05, 4.69) is 0 Å². The molecule has 0 fully saturated rings. The smallest absolute Gasteiger partial charge is 0.231 e. The molecule has 0 amide bonds. The maximum absolute atomic E-state index is 13.3. The van der Waals surface area contributed by atoms with Crippen molar-refractivity contribution >= 4 is 5.69 Å². The molecule has 2 N–H and O–H groups in total. The number of fused-ring (bicyclic) bond motifs is 1. The molecule has 1 aliphatic rings. The Hall–Kier alpha value is -2.50. The Kier molecular flexibility index (Phi) is 3.06. The van der Waals surface area contributed by atoms with Gasteiger partial charge >= 0.3 is 0 Å². The van der Waals surface area contributed by atoms with E-state index in [-0.39, 0.29) is 24.8 Å². The van der Waals surface area contributed by atoms with Crippen LogP contribution in [0.15, 0.2) is 30.3 Å². The standard InChI is InChI=1S/C14H11F2NO3/c15-9-4-10(16)14(17)13(5-9)18-6-8-1-2-11-12(3-8)20-7-19-11/h1-5H,6-7,17H2. The zero-order chi connectivity index (χ0) is 14.1. The molecule has 0 aliphatic carbocycles. The minimum Gasteiger partial charge on any atom is -0.487 e. The van der Waals surface area contributed by atoms with Crippen LogP contribution in [0.25, 0.3) is 0 Å². The van der Waals surface area contributed by atoms with Crippen LogP contribution in [0.3, 0.4) is 0 Å². The zero-order valence-electron chi connectivity index (χ0n) is 10.4. The molecular weight excluding hydrogens is 268 g/mol. The molecule has 2 aromatic rings. The highest BCUT2D eigenvalue weighted by Crippen LogP contribution is 2.33. The van der Waals surface area contributed by atoms with Crippen molar-refractivity contribution in [3.05, 3.63) is 47.5 Å². The Bertz CT molecular complexity index is 661. The molecule has 0 aromatic heterocycles. The number of benzene rings is 2. The van der Waals surface area contributed by atoms with Gasteiger partial charge in [0.2, 0.25) is 6.79 Å². The van der Waals surface area contributed by atoms with E-state index in [1.165, 1.54) is 0 Å². The van der Waals surface area contributed by atoms with Gasteiger partial charge in [0.25, 0.3) is 0 Å². The fourth-order valence-electron chi connectivity index (χ4n) is 1.87. The second kappa shape index (κ2) is 4.88. The van der Waals surface area contributed by atoms with Crippen LogP contribution >= 0.6 is 0 Å². The molecule has 3 rings (SSSR count). The number of hydrogen-bond acceptors (Lipinski definition) is 4. The largest absolute Gasteiger partial charge is 0.487 e. The van der Waals surface area contributed by atoms with Crippen LogP contribution in [-0.4, -0.2) is 6.79 Å². The van der Waals surface area contributed by atoms with Gasteiger partial charge in [-0.15, -0.1) is 0 Å². The average molecular weight is 279 g/mol. The van der Waals surface area contributed by atoms with Crippen molar-refractivity contribution in [2.45, 2.75) is 6.61 Å². The van der Waals surface area contributed by atoms with Crippen LogP contribution in [0.4, 0.5) is 14.5 Å². The predicted molar refractivity (Wildman–Crippen MR) is 67.7 cm³/mol. The van der Waals surface area contributed by atoms with Gasteiger partial charge in [0.05, 0.1) is 0 Å². The normalized spacial score (nSPS) is 12.5. The summed E-state index contributed by atoms with van der Waals surface area (Å²) in [7, 11) is 0. The van der Waals surface area contributed by atoms with Crippen LogP contribution in [0.1, 0.15) is 5.56 Å². The number of nitrogen functional groups attached to an aromatic ring is 1. The fourth-order valence-corrected chi connectivity index (χ4v) is 1.87. The molecular formula is C14H11F2NO3. The van der Waals surface area contributed by atoms with Crippen molar-refractivity contribution in [2.75, 3.05) is 12.5 Å².